The van der Waals surface area contributed by atoms with Gasteiger partial charge in [0.25, 0.3) is 0 Å². The minimum absolute atomic E-state index is 0.101. The van der Waals surface area contributed by atoms with Gasteiger partial charge < -0.3 is 19.7 Å². The maximum Gasteiger partial charge on any atom is 0.318 e. The minimum atomic E-state index is -0.289. The molecule has 2 aliphatic heterocycles. The summed E-state index contributed by atoms with van der Waals surface area (Å²) in [5, 5.41) is 2.88. The molecule has 6 heteroatoms. The first kappa shape index (κ1) is 16.2. The van der Waals surface area contributed by atoms with Crippen LogP contribution in [0.5, 0.6) is 0 Å². The highest BCUT2D eigenvalue weighted by molar-refractivity contribution is 5.75. The van der Waals surface area contributed by atoms with Crippen LogP contribution in [0.2, 0.25) is 0 Å². The minimum Gasteiger partial charge on any atom is -0.382 e. The van der Waals surface area contributed by atoms with Gasteiger partial charge in [0, 0.05) is 20.2 Å². The maximum atomic E-state index is 13.2. The van der Waals surface area contributed by atoms with Crippen LogP contribution in [-0.4, -0.2) is 49.4 Å². The highest BCUT2D eigenvalue weighted by Crippen LogP contribution is 2.31. The van der Waals surface area contributed by atoms with Gasteiger partial charge in [0.1, 0.15) is 5.82 Å². The molecular formula is C17H23FN2O3. The summed E-state index contributed by atoms with van der Waals surface area (Å²) in [6.45, 7) is 1.64. The quantitative estimate of drug-likeness (QED) is 0.925. The molecule has 0 aliphatic carbocycles. The summed E-state index contributed by atoms with van der Waals surface area (Å²) in [5.41, 5.74) is 0.758. The third-order valence-electron chi connectivity index (χ3n) is 4.58. The molecule has 23 heavy (non-hydrogen) atoms. The van der Waals surface area contributed by atoms with Crippen LogP contribution in [-0.2, 0) is 16.0 Å². The van der Waals surface area contributed by atoms with Gasteiger partial charge in [-0.3, -0.25) is 0 Å². The number of nitrogens with zero attached hydrogens (tertiary/aromatic N) is 1. The molecule has 2 amide bonds. The number of hydrogen-bond acceptors (Lipinski definition) is 3. The highest BCUT2D eigenvalue weighted by Gasteiger charge is 2.41. The third-order valence-corrected chi connectivity index (χ3v) is 4.58. The zero-order valence-electron chi connectivity index (χ0n) is 13.3. The van der Waals surface area contributed by atoms with Crippen LogP contribution >= 0.6 is 0 Å². The molecule has 0 spiro atoms. The fraction of sp³-hybridized carbons (Fsp3) is 0.588. The Morgan fingerprint density at radius 3 is 3.09 bits per heavy atom. The predicted octanol–water partition coefficient (Wildman–Crippen LogP) is 2.30. The Balaban J connectivity index is 1.53. The number of halogens is 1. The average Bonchev–Trinajstić information content (AvgIpc) is 2.96. The lowest BCUT2D eigenvalue weighted by molar-refractivity contribution is -0.0895. The normalized spacial score (nSPS) is 26.9. The van der Waals surface area contributed by atoms with Crippen molar-refractivity contribution in [1.82, 2.24) is 10.2 Å². The smallest absolute Gasteiger partial charge is 0.318 e. The van der Waals surface area contributed by atoms with Crippen molar-refractivity contribution in [2.75, 3.05) is 20.3 Å². The van der Waals surface area contributed by atoms with Crippen LogP contribution in [0.25, 0.3) is 0 Å². The topological polar surface area (TPSA) is 50.8 Å². The molecular weight excluding hydrogens is 299 g/mol. The molecule has 0 unspecified atom stereocenters. The zero-order chi connectivity index (χ0) is 16.2. The molecule has 1 aromatic carbocycles. The Morgan fingerprint density at radius 1 is 1.43 bits per heavy atom. The third kappa shape index (κ3) is 3.82. The molecule has 2 saturated heterocycles. The molecule has 0 bridgehead atoms. The van der Waals surface area contributed by atoms with Crippen LogP contribution in [0.1, 0.15) is 24.8 Å². The first-order valence-corrected chi connectivity index (χ1v) is 8.10. The Labute approximate surface area is 135 Å². The summed E-state index contributed by atoms with van der Waals surface area (Å²) in [5.74, 6) is -0.289. The second kappa shape index (κ2) is 7.27. The number of nitrogens with one attached hydrogen (secondary N) is 1. The van der Waals surface area contributed by atoms with E-state index in [9.17, 15) is 9.18 Å². The van der Waals surface area contributed by atoms with Gasteiger partial charge in [0.2, 0.25) is 0 Å². The van der Waals surface area contributed by atoms with Crippen molar-refractivity contribution in [2.45, 2.75) is 44.1 Å². The Morgan fingerprint density at radius 2 is 2.30 bits per heavy atom. The number of ether oxygens (including phenoxy) is 2. The van der Waals surface area contributed by atoms with Crippen LogP contribution in [0.15, 0.2) is 24.3 Å². The first-order valence-electron chi connectivity index (χ1n) is 8.10. The summed E-state index contributed by atoms with van der Waals surface area (Å²) in [4.78, 5) is 14.3. The lowest BCUT2D eigenvalue weighted by Gasteiger charge is -2.35. The summed E-state index contributed by atoms with van der Waals surface area (Å²) in [7, 11) is 1.68. The summed E-state index contributed by atoms with van der Waals surface area (Å²) in [6, 6.07) is 6.31. The number of benzene rings is 1. The number of hydrogen-bond donors (Lipinski definition) is 1. The van der Waals surface area contributed by atoms with Crippen LogP contribution in [0, 0.1) is 5.82 Å². The molecule has 3 rings (SSSR count). The number of urea groups is 1. The first-order chi connectivity index (χ1) is 11.2. The molecule has 5 nitrogen and oxygen atoms in total. The van der Waals surface area contributed by atoms with Crippen LogP contribution < -0.4 is 5.32 Å². The van der Waals surface area contributed by atoms with E-state index in [0.29, 0.717) is 19.7 Å². The summed E-state index contributed by atoms with van der Waals surface area (Å²) >= 11 is 0. The number of methoxy groups -OCH3 is 1. The van der Waals surface area contributed by atoms with E-state index in [1.54, 1.807) is 19.2 Å². The molecule has 2 fully saturated rings. The van der Waals surface area contributed by atoms with Crippen molar-refractivity contribution >= 4 is 6.03 Å². The molecule has 0 saturated carbocycles. The van der Waals surface area contributed by atoms with E-state index in [2.05, 4.69) is 5.32 Å². The molecule has 126 valence electrons. The second-order valence-corrected chi connectivity index (χ2v) is 6.17. The SMILES string of the molecule is COC[C@@H]1CC[C@@H]2[C@@H](CCN2C(=O)NCc2cccc(F)c2)O1. The van der Waals surface area contributed by atoms with Gasteiger partial charge in [-0.2, -0.15) is 0 Å². The zero-order valence-corrected chi connectivity index (χ0v) is 13.3. The number of amides is 2. The van der Waals surface area contributed by atoms with E-state index < -0.39 is 0 Å². The van der Waals surface area contributed by atoms with Crippen molar-refractivity contribution in [2.24, 2.45) is 0 Å². The van der Waals surface area contributed by atoms with E-state index in [4.69, 9.17) is 9.47 Å². The largest absolute Gasteiger partial charge is 0.382 e. The fourth-order valence-electron chi connectivity index (χ4n) is 3.48. The highest BCUT2D eigenvalue weighted by atomic mass is 19.1. The fourth-order valence-corrected chi connectivity index (χ4v) is 3.48. The molecule has 0 aromatic heterocycles. The molecule has 1 aromatic rings. The van der Waals surface area contributed by atoms with E-state index in [0.717, 1.165) is 24.8 Å². The van der Waals surface area contributed by atoms with Gasteiger partial charge >= 0.3 is 6.03 Å². The van der Waals surface area contributed by atoms with E-state index in [1.165, 1.54) is 12.1 Å². The summed E-state index contributed by atoms with van der Waals surface area (Å²) in [6.07, 6.45) is 2.94. The van der Waals surface area contributed by atoms with Crippen molar-refractivity contribution in [1.29, 1.82) is 0 Å². The lowest BCUT2D eigenvalue weighted by atomic mass is 9.99. The average molecular weight is 322 g/mol. The second-order valence-electron chi connectivity index (χ2n) is 6.17. The van der Waals surface area contributed by atoms with Gasteiger partial charge in [-0.25, -0.2) is 9.18 Å². The Kier molecular flexibility index (Phi) is 5.13. The van der Waals surface area contributed by atoms with Crippen molar-refractivity contribution in [3.8, 4) is 0 Å². The molecule has 0 radical (unpaired) electrons. The van der Waals surface area contributed by atoms with Gasteiger partial charge in [-0.1, -0.05) is 12.1 Å². The standard InChI is InChI=1S/C17H23FN2O3/c1-22-11-14-5-6-15-16(23-14)7-8-20(15)17(21)19-10-12-3-2-4-13(18)9-12/h2-4,9,14-16H,5-8,10-11H2,1H3,(H,19,21)/t14-,15+,16+/m0/s1. The number of rotatable bonds is 4. The van der Waals surface area contributed by atoms with Gasteiger partial charge in [0.05, 0.1) is 24.9 Å². The van der Waals surface area contributed by atoms with Crippen molar-refractivity contribution < 1.29 is 18.7 Å². The summed E-state index contributed by atoms with van der Waals surface area (Å²) < 4.78 is 24.3. The Bertz CT molecular complexity index is 554. The van der Waals surface area contributed by atoms with Crippen molar-refractivity contribution in [3.05, 3.63) is 35.6 Å². The predicted molar refractivity (Wildman–Crippen MR) is 83.5 cm³/mol. The monoisotopic (exact) mass is 322 g/mol. The number of carbonyl (C=O) groups is 1. The molecule has 2 aliphatic rings. The van der Waals surface area contributed by atoms with Gasteiger partial charge in [0.15, 0.2) is 0 Å². The van der Waals surface area contributed by atoms with E-state index in [1.807, 2.05) is 4.90 Å². The molecule has 2 heterocycles. The van der Waals surface area contributed by atoms with Gasteiger partial charge in [-0.15, -0.1) is 0 Å². The van der Waals surface area contributed by atoms with Crippen molar-refractivity contribution in [3.63, 3.8) is 0 Å². The van der Waals surface area contributed by atoms with E-state index in [-0.39, 0.29) is 30.1 Å². The van der Waals surface area contributed by atoms with Gasteiger partial charge in [-0.05, 0) is 37.0 Å². The number of carbonyl (C=O) groups excluding carboxylic acids is 1. The number of fused-ring (bicyclic) bond motifs is 1. The molecule has 3 atom stereocenters. The maximum absolute atomic E-state index is 13.2. The lowest BCUT2D eigenvalue weighted by Crippen LogP contribution is -2.48. The Hall–Kier alpha value is -1.66. The van der Waals surface area contributed by atoms with E-state index >= 15 is 0 Å². The molecule has 1 N–H and O–H groups in total. The van der Waals surface area contributed by atoms with Crippen LogP contribution in [0.4, 0.5) is 9.18 Å². The van der Waals surface area contributed by atoms with Crippen LogP contribution in [0.3, 0.4) is 0 Å². The number of likely N-dealkylation sites (tertiary alicyclic amines) is 1.